The minimum absolute atomic E-state index is 0.175. The van der Waals surface area contributed by atoms with E-state index in [1.54, 1.807) is 31.2 Å². The fourth-order valence-corrected chi connectivity index (χ4v) is 4.55. The molecule has 2 aliphatic heterocycles. The summed E-state index contributed by atoms with van der Waals surface area (Å²) in [6, 6.07) is 2.78. The number of nitrogens with one attached hydrogen (secondary N) is 1. The second-order valence-electron chi connectivity index (χ2n) is 9.59. The van der Waals surface area contributed by atoms with Crippen LogP contribution >= 0.6 is 0 Å². The average molecular weight is 471 g/mol. The number of carbonyl (C=O) groups excluding carboxylic acids is 3. The smallest absolute Gasteiger partial charge is 0.410 e. The minimum Gasteiger partial charge on any atom is -0.496 e. The molecule has 1 saturated heterocycles. The fourth-order valence-electron chi connectivity index (χ4n) is 4.55. The van der Waals surface area contributed by atoms with E-state index in [9.17, 15) is 19.2 Å². The van der Waals surface area contributed by atoms with Crippen molar-refractivity contribution in [3.8, 4) is 5.75 Å². The van der Waals surface area contributed by atoms with Crippen molar-refractivity contribution in [2.75, 3.05) is 20.2 Å². The fraction of sp³-hybridized carbons (Fsp3) is 0.500. The molecule has 0 saturated carbocycles. The van der Waals surface area contributed by atoms with Crippen LogP contribution in [0.15, 0.2) is 23.0 Å². The molecule has 0 bridgehead atoms. The molecule has 2 aliphatic rings. The molecule has 1 N–H and O–H groups in total. The number of nitrogens with zero attached hydrogens (tertiary/aromatic N) is 3. The third-order valence-corrected chi connectivity index (χ3v) is 6.13. The van der Waals surface area contributed by atoms with Gasteiger partial charge in [0.15, 0.2) is 0 Å². The van der Waals surface area contributed by atoms with Gasteiger partial charge in [-0.25, -0.2) is 9.59 Å². The molecule has 1 aromatic carbocycles. The summed E-state index contributed by atoms with van der Waals surface area (Å²) in [6.45, 7) is 6.31. The Morgan fingerprint density at radius 3 is 2.47 bits per heavy atom. The highest BCUT2D eigenvalue weighted by Crippen LogP contribution is 2.37. The maximum absolute atomic E-state index is 13.3. The van der Waals surface area contributed by atoms with Gasteiger partial charge in [-0.2, -0.15) is 0 Å². The first-order valence-electron chi connectivity index (χ1n) is 11.3. The van der Waals surface area contributed by atoms with E-state index in [0.717, 1.165) is 11.1 Å². The Hall–Kier alpha value is -3.56. The zero-order chi connectivity index (χ0) is 24.8. The summed E-state index contributed by atoms with van der Waals surface area (Å²) in [5.41, 5.74) is 2.02. The maximum atomic E-state index is 13.3. The molecule has 34 heavy (non-hydrogen) atoms. The van der Waals surface area contributed by atoms with Crippen LogP contribution in [0.25, 0.3) is 16.6 Å². The van der Waals surface area contributed by atoms with E-state index in [2.05, 4.69) is 5.32 Å². The summed E-state index contributed by atoms with van der Waals surface area (Å²) in [6.07, 6.45) is 2.56. The van der Waals surface area contributed by atoms with Crippen molar-refractivity contribution in [2.45, 2.75) is 51.7 Å². The molecule has 2 aromatic rings. The zero-order valence-electron chi connectivity index (χ0n) is 20.1. The number of fused-ring (bicyclic) bond motifs is 1. The molecule has 3 heterocycles. The SMILES string of the molecule is COc1ccc2c(c1C1=CCN(C(=O)OC(C)(C)C)CC1)n(C)c(=O)n2C1CCC(=O)NC1=O. The number of amides is 3. The predicted octanol–water partition coefficient (Wildman–Crippen LogP) is 2.35. The maximum Gasteiger partial charge on any atom is 0.410 e. The van der Waals surface area contributed by atoms with Gasteiger partial charge in [-0.1, -0.05) is 6.08 Å². The molecule has 0 radical (unpaired) electrons. The molecular formula is C24H30N4O6. The molecular weight excluding hydrogens is 440 g/mol. The summed E-state index contributed by atoms with van der Waals surface area (Å²) in [4.78, 5) is 51.5. The van der Waals surface area contributed by atoms with Crippen molar-refractivity contribution in [1.29, 1.82) is 0 Å². The van der Waals surface area contributed by atoms with E-state index in [1.807, 2.05) is 26.8 Å². The number of hydrogen-bond donors (Lipinski definition) is 1. The lowest BCUT2D eigenvalue weighted by atomic mass is 9.96. The van der Waals surface area contributed by atoms with Gasteiger partial charge in [0.1, 0.15) is 17.4 Å². The molecule has 3 amide bonds. The van der Waals surface area contributed by atoms with Crippen molar-refractivity contribution in [2.24, 2.45) is 7.05 Å². The molecule has 0 spiro atoms. The van der Waals surface area contributed by atoms with Crippen molar-refractivity contribution >= 4 is 34.5 Å². The number of imidazole rings is 1. The van der Waals surface area contributed by atoms with Crippen LogP contribution in [0, 0.1) is 0 Å². The Morgan fingerprint density at radius 2 is 1.88 bits per heavy atom. The Bertz CT molecular complexity index is 1260. The van der Waals surface area contributed by atoms with Crippen LogP contribution < -0.4 is 15.7 Å². The third-order valence-electron chi connectivity index (χ3n) is 6.13. The van der Waals surface area contributed by atoms with Gasteiger partial charge >= 0.3 is 11.8 Å². The van der Waals surface area contributed by atoms with Crippen molar-refractivity contribution in [3.63, 3.8) is 0 Å². The number of piperidine rings is 1. The van der Waals surface area contributed by atoms with Gasteiger partial charge in [-0.05, 0) is 51.3 Å². The van der Waals surface area contributed by atoms with E-state index < -0.39 is 17.6 Å². The van der Waals surface area contributed by atoms with Gasteiger partial charge in [-0.15, -0.1) is 0 Å². The molecule has 1 unspecified atom stereocenters. The topological polar surface area (TPSA) is 112 Å². The van der Waals surface area contributed by atoms with Crippen LogP contribution in [0.2, 0.25) is 0 Å². The van der Waals surface area contributed by atoms with E-state index in [1.165, 1.54) is 9.13 Å². The Labute approximate surface area is 197 Å². The second kappa shape index (κ2) is 8.66. The summed E-state index contributed by atoms with van der Waals surface area (Å²) < 4.78 is 14.1. The van der Waals surface area contributed by atoms with Crippen LogP contribution in [0.3, 0.4) is 0 Å². The molecule has 1 fully saturated rings. The molecule has 4 rings (SSSR count). The quantitative estimate of drug-likeness (QED) is 0.690. The highest BCUT2D eigenvalue weighted by molar-refractivity contribution is 6.01. The molecule has 1 aromatic heterocycles. The van der Waals surface area contributed by atoms with Crippen LogP contribution in [0.1, 0.15) is 51.6 Å². The number of aryl methyl sites for hydroxylation is 1. The Kier molecular flexibility index (Phi) is 6.01. The Balaban J connectivity index is 1.77. The van der Waals surface area contributed by atoms with Gasteiger partial charge < -0.3 is 14.4 Å². The second-order valence-corrected chi connectivity index (χ2v) is 9.59. The van der Waals surface area contributed by atoms with Crippen molar-refractivity contribution in [3.05, 3.63) is 34.3 Å². The first-order chi connectivity index (χ1) is 16.0. The van der Waals surface area contributed by atoms with E-state index >= 15 is 0 Å². The lowest BCUT2D eigenvalue weighted by Crippen LogP contribution is -2.44. The largest absolute Gasteiger partial charge is 0.496 e. The number of carbonyl (C=O) groups is 3. The lowest BCUT2D eigenvalue weighted by molar-refractivity contribution is -0.135. The van der Waals surface area contributed by atoms with Gasteiger partial charge in [0.2, 0.25) is 11.8 Å². The van der Waals surface area contributed by atoms with Crippen LogP contribution in [-0.4, -0.2) is 57.7 Å². The van der Waals surface area contributed by atoms with Gasteiger partial charge in [0, 0.05) is 32.1 Å². The molecule has 0 aliphatic carbocycles. The number of ether oxygens (including phenoxy) is 2. The van der Waals surface area contributed by atoms with E-state index in [0.29, 0.717) is 36.3 Å². The minimum atomic E-state index is -0.766. The first kappa shape index (κ1) is 23.6. The number of rotatable bonds is 3. The number of aromatic nitrogens is 2. The van der Waals surface area contributed by atoms with Crippen LogP contribution in [0.5, 0.6) is 5.75 Å². The van der Waals surface area contributed by atoms with Crippen LogP contribution in [-0.2, 0) is 21.4 Å². The van der Waals surface area contributed by atoms with E-state index in [-0.39, 0.29) is 30.5 Å². The van der Waals surface area contributed by atoms with E-state index in [4.69, 9.17) is 9.47 Å². The standard InChI is InChI=1S/C24H30N4O6/c1-24(2,3)34-23(32)27-12-10-14(11-13-27)19-17(33-5)8-6-15-20(19)26(4)22(31)28(15)16-7-9-18(29)25-21(16)30/h6,8,10,16H,7,9,11-13H2,1-5H3,(H,25,29,30). The number of hydrogen-bond acceptors (Lipinski definition) is 6. The van der Waals surface area contributed by atoms with Gasteiger partial charge in [0.05, 0.1) is 18.1 Å². The molecule has 182 valence electrons. The molecule has 10 heteroatoms. The predicted molar refractivity (Wildman–Crippen MR) is 126 cm³/mol. The first-order valence-corrected chi connectivity index (χ1v) is 11.3. The molecule has 10 nitrogen and oxygen atoms in total. The van der Waals surface area contributed by atoms with Crippen molar-refractivity contribution in [1.82, 2.24) is 19.4 Å². The monoisotopic (exact) mass is 470 g/mol. The summed E-state index contributed by atoms with van der Waals surface area (Å²) in [5, 5.41) is 2.33. The van der Waals surface area contributed by atoms with Gasteiger partial charge in [-0.3, -0.25) is 24.0 Å². The summed E-state index contributed by atoms with van der Waals surface area (Å²) >= 11 is 0. The summed E-state index contributed by atoms with van der Waals surface area (Å²) in [5.74, 6) is -0.215. The third kappa shape index (κ3) is 4.20. The normalized spacial score (nSPS) is 19.1. The highest BCUT2D eigenvalue weighted by atomic mass is 16.6. The average Bonchev–Trinajstić information content (AvgIpc) is 3.02. The molecule has 1 atom stereocenters. The number of benzene rings is 1. The number of methoxy groups -OCH3 is 1. The highest BCUT2D eigenvalue weighted by Gasteiger charge is 2.33. The summed E-state index contributed by atoms with van der Waals surface area (Å²) in [7, 11) is 3.22. The zero-order valence-corrected chi connectivity index (χ0v) is 20.1. The van der Waals surface area contributed by atoms with Crippen molar-refractivity contribution < 1.29 is 23.9 Å². The van der Waals surface area contributed by atoms with Gasteiger partial charge in [0.25, 0.3) is 0 Å². The lowest BCUT2D eigenvalue weighted by Gasteiger charge is -2.30. The van der Waals surface area contributed by atoms with Crippen LogP contribution in [0.4, 0.5) is 4.79 Å². The number of imide groups is 1. The Morgan fingerprint density at radius 1 is 1.15 bits per heavy atom.